The van der Waals surface area contributed by atoms with Crippen LogP contribution in [0.3, 0.4) is 0 Å². The van der Waals surface area contributed by atoms with Gasteiger partial charge in [0.05, 0.1) is 39.3 Å². The van der Waals surface area contributed by atoms with Gasteiger partial charge in [0.1, 0.15) is 33.8 Å². The number of benzene rings is 1. The Labute approximate surface area is 342 Å². The molecule has 0 aliphatic rings. The van der Waals surface area contributed by atoms with E-state index in [9.17, 15) is 24.0 Å². The lowest BCUT2D eigenvalue weighted by Crippen LogP contribution is -2.53. The molecule has 0 aliphatic heterocycles. The summed E-state index contributed by atoms with van der Waals surface area (Å²) in [6, 6.07) is 7.04. The SMILES string of the molecule is CCOc1ccc(CC(CN(CC(=O)OC(C)(C)C)CC(=O)OC(C)(C)C)N(CCN(CC(=O)OC(C)(C)C)CC(=O)OC(C)(C)C)CC(=O)OC(C)(C)C)cc1. The predicted molar refractivity (Wildman–Crippen MR) is 219 cm³/mol. The smallest absolute Gasteiger partial charge is 0.320 e. The number of carbonyl (C=O) groups excluding carboxylic acids is 5. The highest BCUT2D eigenvalue weighted by atomic mass is 16.6. The van der Waals surface area contributed by atoms with Gasteiger partial charge in [0, 0.05) is 25.7 Å². The molecule has 1 unspecified atom stereocenters. The van der Waals surface area contributed by atoms with Crippen LogP contribution in [-0.2, 0) is 54.1 Å². The normalized spacial score (nSPS) is 13.3. The van der Waals surface area contributed by atoms with Gasteiger partial charge in [-0.2, -0.15) is 0 Å². The average Bonchev–Trinajstić information content (AvgIpc) is 2.95. The standard InChI is InChI=1S/C43H73N3O11/c1-17-52-33-20-18-31(19-21-33)24-32(25-45(28-36(49)55-41(8,9)10)29-37(50)56-42(11,12)13)46(30-38(51)57-43(14,15)16)23-22-44(26-34(47)53-39(2,3)4)27-35(48)54-40(5,6)7/h18-21,32H,17,22-30H2,1-16H3. The first-order chi connectivity index (χ1) is 25.8. The van der Waals surface area contributed by atoms with Crippen molar-refractivity contribution in [3.63, 3.8) is 0 Å². The van der Waals surface area contributed by atoms with E-state index in [4.69, 9.17) is 28.4 Å². The van der Waals surface area contributed by atoms with Crippen molar-refractivity contribution < 1.29 is 52.4 Å². The molecule has 0 radical (unpaired) electrons. The first-order valence-electron chi connectivity index (χ1n) is 19.8. The summed E-state index contributed by atoms with van der Waals surface area (Å²) in [5.74, 6) is -1.94. The largest absolute Gasteiger partial charge is 0.494 e. The minimum atomic E-state index is -0.785. The van der Waals surface area contributed by atoms with E-state index in [0.717, 1.165) is 5.56 Å². The maximum absolute atomic E-state index is 13.6. The van der Waals surface area contributed by atoms with Gasteiger partial charge in [-0.1, -0.05) is 12.1 Å². The van der Waals surface area contributed by atoms with Crippen molar-refractivity contribution in [2.75, 3.05) is 59.0 Å². The van der Waals surface area contributed by atoms with Crippen LogP contribution in [-0.4, -0.2) is 138 Å². The Morgan fingerprint density at radius 2 is 0.825 bits per heavy atom. The van der Waals surface area contributed by atoms with E-state index in [-0.39, 0.29) is 52.4 Å². The monoisotopic (exact) mass is 808 g/mol. The third kappa shape index (κ3) is 26.0. The first kappa shape index (κ1) is 51.3. The van der Waals surface area contributed by atoms with Crippen LogP contribution in [0.1, 0.15) is 116 Å². The fraction of sp³-hybridized carbons (Fsp3) is 0.744. The Morgan fingerprint density at radius 3 is 1.16 bits per heavy atom. The summed E-state index contributed by atoms with van der Waals surface area (Å²) in [6.07, 6.45) is 0.368. The van der Waals surface area contributed by atoms with Gasteiger partial charge in [0.2, 0.25) is 0 Å². The average molecular weight is 808 g/mol. The molecule has 14 nitrogen and oxygen atoms in total. The van der Waals surface area contributed by atoms with Crippen LogP contribution in [0.5, 0.6) is 5.75 Å². The van der Waals surface area contributed by atoms with Crippen LogP contribution >= 0.6 is 0 Å². The lowest BCUT2D eigenvalue weighted by molar-refractivity contribution is -0.162. The molecule has 57 heavy (non-hydrogen) atoms. The summed E-state index contributed by atoms with van der Waals surface area (Å²) in [4.78, 5) is 71.6. The molecule has 0 saturated carbocycles. The highest BCUT2D eigenvalue weighted by Gasteiger charge is 2.32. The second-order valence-corrected chi connectivity index (χ2v) is 19.2. The Hall–Kier alpha value is -3.75. The van der Waals surface area contributed by atoms with Gasteiger partial charge in [-0.05, 0) is 135 Å². The Morgan fingerprint density at radius 1 is 0.491 bits per heavy atom. The van der Waals surface area contributed by atoms with E-state index < -0.39 is 63.9 Å². The maximum atomic E-state index is 13.6. The zero-order chi connectivity index (χ0) is 44.0. The van der Waals surface area contributed by atoms with Crippen LogP contribution in [0.15, 0.2) is 24.3 Å². The molecule has 0 aliphatic carbocycles. The van der Waals surface area contributed by atoms with Crippen LogP contribution in [0.25, 0.3) is 0 Å². The fourth-order valence-electron chi connectivity index (χ4n) is 5.59. The third-order valence-electron chi connectivity index (χ3n) is 7.24. The second kappa shape index (κ2) is 21.9. The zero-order valence-corrected chi connectivity index (χ0v) is 37.8. The van der Waals surface area contributed by atoms with E-state index in [1.54, 1.807) is 114 Å². The summed E-state index contributed by atoms with van der Waals surface area (Å²) in [6.45, 7) is 28.2. The fourth-order valence-corrected chi connectivity index (χ4v) is 5.59. The van der Waals surface area contributed by atoms with Crippen molar-refractivity contribution in [2.24, 2.45) is 0 Å². The van der Waals surface area contributed by atoms with Gasteiger partial charge in [-0.15, -0.1) is 0 Å². The molecule has 0 heterocycles. The van der Waals surface area contributed by atoms with Gasteiger partial charge in [-0.25, -0.2) is 0 Å². The van der Waals surface area contributed by atoms with E-state index in [2.05, 4.69) is 0 Å². The van der Waals surface area contributed by atoms with Crippen molar-refractivity contribution in [2.45, 2.75) is 151 Å². The lowest BCUT2D eigenvalue weighted by Gasteiger charge is -2.37. The molecule has 1 rings (SSSR count). The summed E-state index contributed by atoms with van der Waals surface area (Å²) < 4.78 is 34.0. The van der Waals surface area contributed by atoms with Crippen molar-refractivity contribution in [3.8, 4) is 5.75 Å². The Balaban J connectivity index is 3.80. The second-order valence-electron chi connectivity index (χ2n) is 19.2. The zero-order valence-electron chi connectivity index (χ0n) is 37.8. The summed E-state index contributed by atoms with van der Waals surface area (Å²) >= 11 is 0. The van der Waals surface area contributed by atoms with E-state index in [0.29, 0.717) is 18.8 Å². The molecule has 1 aromatic rings. The quantitative estimate of drug-likeness (QED) is 0.119. The van der Waals surface area contributed by atoms with Crippen LogP contribution in [0, 0.1) is 0 Å². The summed E-state index contributed by atoms with van der Waals surface area (Å²) in [5.41, 5.74) is -2.95. The van der Waals surface area contributed by atoms with Gasteiger partial charge >= 0.3 is 29.8 Å². The topological polar surface area (TPSA) is 150 Å². The highest BCUT2D eigenvalue weighted by molar-refractivity contribution is 5.76. The Kier molecular flexibility index (Phi) is 19.7. The minimum Gasteiger partial charge on any atom is -0.494 e. The Bertz CT molecular complexity index is 1380. The van der Waals surface area contributed by atoms with Crippen molar-refractivity contribution in [1.82, 2.24) is 14.7 Å². The number of nitrogens with zero attached hydrogens (tertiary/aromatic N) is 3. The van der Waals surface area contributed by atoms with Gasteiger partial charge in [-0.3, -0.25) is 38.7 Å². The predicted octanol–water partition coefficient (Wildman–Crippen LogP) is 5.61. The van der Waals surface area contributed by atoms with Crippen LogP contribution < -0.4 is 4.74 Å². The molecule has 0 bridgehead atoms. The van der Waals surface area contributed by atoms with Crippen molar-refractivity contribution >= 4 is 29.8 Å². The van der Waals surface area contributed by atoms with Gasteiger partial charge in [0.15, 0.2) is 0 Å². The molecular weight excluding hydrogens is 734 g/mol. The molecule has 0 aromatic heterocycles. The number of rotatable bonds is 20. The number of ether oxygens (including phenoxy) is 6. The van der Waals surface area contributed by atoms with E-state index >= 15 is 0 Å². The lowest BCUT2D eigenvalue weighted by atomic mass is 10.0. The van der Waals surface area contributed by atoms with Gasteiger partial charge < -0.3 is 28.4 Å². The molecule has 326 valence electrons. The molecule has 0 fully saturated rings. The molecule has 14 heteroatoms. The van der Waals surface area contributed by atoms with Gasteiger partial charge in [0.25, 0.3) is 0 Å². The molecule has 0 saturated heterocycles. The first-order valence-corrected chi connectivity index (χ1v) is 19.8. The van der Waals surface area contributed by atoms with Crippen molar-refractivity contribution in [1.29, 1.82) is 0 Å². The van der Waals surface area contributed by atoms with Crippen LogP contribution in [0.2, 0.25) is 0 Å². The van der Waals surface area contributed by atoms with E-state index in [1.165, 1.54) is 0 Å². The summed E-state index contributed by atoms with van der Waals surface area (Å²) in [5, 5.41) is 0. The van der Waals surface area contributed by atoms with Crippen LogP contribution in [0.4, 0.5) is 0 Å². The van der Waals surface area contributed by atoms with Crippen molar-refractivity contribution in [3.05, 3.63) is 29.8 Å². The maximum Gasteiger partial charge on any atom is 0.320 e. The summed E-state index contributed by atoms with van der Waals surface area (Å²) in [7, 11) is 0. The molecule has 0 N–H and O–H groups in total. The third-order valence-corrected chi connectivity index (χ3v) is 7.24. The number of hydrogen-bond donors (Lipinski definition) is 0. The minimum absolute atomic E-state index is 0.118. The van der Waals surface area contributed by atoms with E-state index in [1.807, 2.05) is 36.1 Å². The number of esters is 5. The molecule has 1 atom stereocenters. The molecule has 1 aromatic carbocycles. The molecular formula is C43H73N3O11. The number of hydrogen-bond acceptors (Lipinski definition) is 14. The highest BCUT2D eigenvalue weighted by Crippen LogP contribution is 2.19. The molecule has 0 spiro atoms. The number of carbonyl (C=O) groups is 5. The molecule has 0 amide bonds.